The van der Waals surface area contributed by atoms with Gasteiger partial charge in [-0.15, -0.1) is 0 Å². The van der Waals surface area contributed by atoms with Gasteiger partial charge in [-0.25, -0.2) is 0 Å². The molecular weight excluding hydrogens is 404 g/mol. The molecule has 0 aromatic rings. The molecule has 1 aliphatic heterocycles. The van der Waals surface area contributed by atoms with Crippen molar-refractivity contribution in [3.63, 3.8) is 0 Å². The average molecular weight is 447 g/mol. The number of nitrogens with zero attached hydrogens (tertiary/aromatic N) is 4. The van der Waals surface area contributed by atoms with E-state index in [9.17, 15) is 19.8 Å². The van der Waals surface area contributed by atoms with E-state index in [-0.39, 0.29) is 13.1 Å². The second kappa shape index (κ2) is 17.2. The molecule has 0 unspecified atom stereocenters. The maximum Gasteiger partial charge on any atom is 0.317 e. The van der Waals surface area contributed by atoms with E-state index in [2.05, 4.69) is 15.1 Å². The molecule has 0 amide bonds. The Morgan fingerprint density at radius 1 is 0.806 bits per heavy atom. The minimum atomic E-state index is -0.816. The molecule has 1 aliphatic rings. The molecule has 5 N–H and O–H groups in total. The monoisotopic (exact) mass is 446 g/mol. The van der Waals surface area contributed by atoms with Crippen LogP contribution in [0.5, 0.6) is 0 Å². The number of aliphatic carboxylic acids is 2. The molecule has 1 saturated heterocycles. The average Bonchev–Trinajstić information content (AvgIpc) is 2.71. The second-order valence-corrected chi connectivity index (χ2v) is 7.95. The number of hydrogen-bond donors (Lipinski definition) is 4. The van der Waals surface area contributed by atoms with Crippen LogP contribution in [0.25, 0.3) is 0 Å². The third-order valence-corrected chi connectivity index (χ3v) is 5.40. The fraction of sp³-hybridized carbons (Fsp3) is 0.900. The molecule has 0 aromatic carbocycles. The lowest BCUT2D eigenvalue weighted by molar-refractivity contribution is -0.139. The Morgan fingerprint density at radius 3 is 1.61 bits per heavy atom. The minimum Gasteiger partial charge on any atom is -0.480 e. The highest BCUT2D eigenvalue weighted by Gasteiger charge is 2.18. The van der Waals surface area contributed by atoms with Crippen molar-refractivity contribution < 1.29 is 24.5 Å². The second-order valence-electron chi connectivity index (χ2n) is 7.95. The highest BCUT2D eigenvalue weighted by Crippen LogP contribution is 2.02. The minimum absolute atomic E-state index is 0.0269. The fourth-order valence-electron chi connectivity index (χ4n) is 3.64. The van der Waals surface area contributed by atoms with Crippen LogP contribution >= 0.6 is 0 Å². The standard InChI is InChI=1S/C20H42N6O5/c1-31-18-22-5-3-7-24-10-14-25(16-19(27)28)12-8-23(6-2-4-21)9-13-26(15-11-24)17-20(29)30/h22H,2-18,21H2,1H3,(H,27,28)(H,29,30). The van der Waals surface area contributed by atoms with Gasteiger partial charge in [-0.05, 0) is 39.0 Å². The van der Waals surface area contributed by atoms with E-state index in [1.165, 1.54) is 0 Å². The van der Waals surface area contributed by atoms with Crippen molar-refractivity contribution >= 4 is 11.9 Å². The summed E-state index contributed by atoms with van der Waals surface area (Å²) in [6.07, 6.45) is 1.80. The van der Waals surface area contributed by atoms with Gasteiger partial charge < -0.3 is 30.5 Å². The lowest BCUT2D eigenvalue weighted by atomic mass is 10.3. The number of carboxylic acids is 2. The zero-order valence-corrected chi connectivity index (χ0v) is 19.0. The van der Waals surface area contributed by atoms with Gasteiger partial charge in [0.1, 0.15) is 0 Å². The van der Waals surface area contributed by atoms with Crippen LogP contribution in [0.15, 0.2) is 0 Å². The summed E-state index contributed by atoms with van der Waals surface area (Å²) in [5.74, 6) is -1.63. The highest BCUT2D eigenvalue weighted by atomic mass is 16.5. The van der Waals surface area contributed by atoms with Gasteiger partial charge in [0, 0.05) is 59.5 Å². The number of nitrogens with two attached hydrogens (primary N) is 1. The first-order chi connectivity index (χ1) is 14.9. The summed E-state index contributed by atoms with van der Waals surface area (Å²) in [7, 11) is 1.65. The van der Waals surface area contributed by atoms with Crippen LogP contribution in [-0.4, -0.2) is 147 Å². The van der Waals surface area contributed by atoms with Crippen LogP contribution in [0, 0.1) is 0 Å². The summed E-state index contributed by atoms with van der Waals surface area (Å²) in [6, 6.07) is 0. The van der Waals surface area contributed by atoms with E-state index in [0.717, 1.165) is 58.7 Å². The first-order valence-electron chi connectivity index (χ1n) is 11.2. The summed E-state index contributed by atoms with van der Waals surface area (Å²) >= 11 is 0. The van der Waals surface area contributed by atoms with E-state index >= 15 is 0 Å². The Hall–Kier alpha value is -1.34. The van der Waals surface area contributed by atoms with Gasteiger partial charge in [-0.2, -0.15) is 0 Å². The van der Waals surface area contributed by atoms with Crippen LogP contribution in [0.2, 0.25) is 0 Å². The molecule has 1 rings (SSSR count). The van der Waals surface area contributed by atoms with Gasteiger partial charge in [-0.3, -0.25) is 24.7 Å². The molecule has 0 radical (unpaired) electrons. The number of hydrogen-bond acceptors (Lipinski definition) is 9. The third-order valence-electron chi connectivity index (χ3n) is 5.40. The lowest BCUT2D eigenvalue weighted by Crippen LogP contribution is -2.48. The molecule has 0 saturated carbocycles. The number of carboxylic acid groups (broad SMARTS) is 2. The van der Waals surface area contributed by atoms with Crippen molar-refractivity contribution in [3.8, 4) is 0 Å². The zero-order valence-electron chi connectivity index (χ0n) is 19.0. The zero-order chi connectivity index (χ0) is 22.9. The number of carbonyl (C=O) groups is 2. The Labute approximate surface area is 186 Å². The molecule has 182 valence electrons. The van der Waals surface area contributed by atoms with Crippen LogP contribution in [0.4, 0.5) is 0 Å². The van der Waals surface area contributed by atoms with Gasteiger partial charge in [0.25, 0.3) is 0 Å². The molecule has 1 fully saturated rings. The maximum absolute atomic E-state index is 11.3. The molecule has 31 heavy (non-hydrogen) atoms. The number of nitrogens with one attached hydrogen (secondary N) is 1. The molecule has 0 spiro atoms. The van der Waals surface area contributed by atoms with Crippen molar-refractivity contribution in [2.75, 3.05) is 105 Å². The van der Waals surface area contributed by atoms with Crippen LogP contribution in [0.1, 0.15) is 12.8 Å². The van der Waals surface area contributed by atoms with E-state index in [1.807, 2.05) is 9.80 Å². The van der Waals surface area contributed by atoms with Gasteiger partial charge in [-0.1, -0.05) is 0 Å². The quantitative estimate of drug-likeness (QED) is 0.191. The van der Waals surface area contributed by atoms with Gasteiger partial charge in [0.2, 0.25) is 0 Å². The van der Waals surface area contributed by atoms with Gasteiger partial charge >= 0.3 is 11.9 Å². The normalized spacial score (nSPS) is 19.0. The first kappa shape index (κ1) is 27.7. The summed E-state index contributed by atoms with van der Waals surface area (Å²) in [5.41, 5.74) is 5.67. The smallest absolute Gasteiger partial charge is 0.317 e. The van der Waals surface area contributed by atoms with Crippen molar-refractivity contribution in [2.45, 2.75) is 12.8 Å². The van der Waals surface area contributed by atoms with Crippen molar-refractivity contribution in [1.29, 1.82) is 0 Å². The largest absolute Gasteiger partial charge is 0.480 e. The van der Waals surface area contributed by atoms with Crippen molar-refractivity contribution in [2.24, 2.45) is 5.73 Å². The van der Waals surface area contributed by atoms with Crippen molar-refractivity contribution in [3.05, 3.63) is 0 Å². The lowest BCUT2D eigenvalue weighted by Gasteiger charge is -2.33. The molecule has 11 heteroatoms. The molecule has 1 heterocycles. The molecule has 0 bridgehead atoms. The number of rotatable bonds is 13. The topological polar surface area (TPSA) is 135 Å². The Bertz CT molecular complexity index is 467. The molecule has 0 atom stereocenters. The third kappa shape index (κ3) is 14.4. The first-order valence-corrected chi connectivity index (χ1v) is 11.2. The van der Waals surface area contributed by atoms with Crippen LogP contribution < -0.4 is 11.1 Å². The highest BCUT2D eigenvalue weighted by molar-refractivity contribution is 5.69. The summed E-state index contributed by atoms with van der Waals surface area (Å²) in [4.78, 5) is 31.2. The Morgan fingerprint density at radius 2 is 1.23 bits per heavy atom. The Balaban J connectivity index is 2.77. The molecule has 11 nitrogen and oxygen atoms in total. The number of methoxy groups -OCH3 is 1. The predicted molar refractivity (Wildman–Crippen MR) is 119 cm³/mol. The van der Waals surface area contributed by atoms with E-state index in [1.54, 1.807) is 7.11 Å². The SMILES string of the molecule is COCNCCCN1CCN(CC(=O)O)CCN(CCCN)CCN(CC(=O)O)CC1. The van der Waals surface area contributed by atoms with Gasteiger partial charge in [0.15, 0.2) is 0 Å². The molecular formula is C20H42N6O5. The van der Waals surface area contributed by atoms with Crippen molar-refractivity contribution in [1.82, 2.24) is 24.9 Å². The summed E-state index contributed by atoms with van der Waals surface area (Å²) in [6.45, 7) is 9.35. The Kier molecular flexibility index (Phi) is 15.4. The molecule has 0 aromatic heterocycles. The summed E-state index contributed by atoms with van der Waals surface area (Å²) in [5, 5.41) is 21.8. The number of ether oxygens (including phenoxy) is 1. The van der Waals surface area contributed by atoms with Crippen LogP contribution in [-0.2, 0) is 14.3 Å². The predicted octanol–water partition coefficient (Wildman–Crippen LogP) is -1.69. The molecule has 0 aliphatic carbocycles. The summed E-state index contributed by atoms with van der Waals surface area (Å²) < 4.78 is 5.00. The van der Waals surface area contributed by atoms with E-state index in [4.69, 9.17) is 10.5 Å². The van der Waals surface area contributed by atoms with E-state index < -0.39 is 11.9 Å². The van der Waals surface area contributed by atoms with Gasteiger partial charge in [0.05, 0.1) is 19.8 Å². The van der Waals surface area contributed by atoms with E-state index in [0.29, 0.717) is 39.5 Å². The maximum atomic E-state index is 11.3. The fourth-order valence-corrected chi connectivity index (χ4v) is 3.64. The van der Waals surface area contributed by atoms with Crippen LogP contribution in [0.3, 0.4) is 0 Å².